The highest BCUT2D eigenvalue weighted by molar-refractivity contribution is 5.99. The molecule has 1 saturated heterocycles. The van der Waals surface area contributed by atoms with Crippen LogP contribution in [-0.4, -0.2) is 40.9 Å². The van der Waals surface area contributed by atoms with Crippen LogP contribution in [0.3, 0.4) is 0 Å². The minimum Gasteiger partial charge on any atom is -1.00 e. The molecule has 0 N–H and O–H groups in total. The third-order valence-electron chi connectivity index (χ3n) is 8.79. The van der Waals surface area contributed by atoms with Gasteiger partial charge in [0.15, 0.2) is 24.1 Å². The molecule has 1 fully saturated rings. The Morgan fingerprint density at radius 3 is 2.50 bits per heavy atom. The van der Waals surface area contributed by atoms with Crippen LogP contribution in [0.15, 0.2) is 97.3 Å². The molecule has 2 unspecified atom stereocenters. The molecule has 202 valence electrons. The van der Waals surface area contributed by atoms with Gasteiger partial charge in [0.25, 0.3) is 5.91 Å². The number of carbonyl (C=O) groups excluding carboxylic acids is 2. The second-order valence-electron chi connectivity index (χ2n) is 11.1. The van der Waals surface area contributed by atoms with Gasteiger partial charge in [-0.3, -0.25) is 9.59 Å². The first kappa shape index (κ1) is 26.3. The summed E-state index contributed by atoms with van der Waals surface area (Å²) in [5.41, 5.74) is 5.03. The Kier molecular flexibility index (Phi) is 6.50. The van der Waals surface area contributed by atoms with E-state index in [1.165, 1.54) is 11.3 Å². The van der Waals surface area contributed by atoms with Crippen LogP contribution >= 0.6 is 0 Å². The number of aromatic nitrogens is 2. The number of ketones is 1. The van der Waals surface area contributed by atoms with Crippen molar-refractivity contribution in [1.29, 1.82) is 0 Å². The lowest BCUT2D eigenvalue weighted by molar-refractivity contribution is -0.657. The molecule has 3 heterocycles. The number of amides is 1. The largest absolute Gasteiger partial charge is 1.00 e. The van der Waals surface area contributed by atoms with Crippen LogP contribution in [-0.2, 0) is 23.3 Å². The van der Waals surface area contributed by atoms with Gasteiger partial charge in [-0.15, -0.1) is 0 Å². The average Bonchev–Trinajstić information content (AvgIpc) is 3.57. The van der Waals surface area contributed by atoms with Gasteiger partial charge in [-0.2, -0.15) is 0 Å². The molecule has 6 nitrogen and oxygen atoms in total. The number of rotatable bonds is 5. The van der Waals surface area contributed by atoms with Crippen LogP contribution in [0.2, 0.25) is 0 Å². The third-order valence-corrected chi connectivity index (χ3v) is 8.79. The molecule has 0 bridgehead atoms. The van der Waals surface area contributed by atoms with E-state index in [4.69, 9.17) is 0 Å². The van der Waals surface area contributed by atoms with Crippen molar-refractivity contribution >= 4 is 39.2 Å². The number of halogens is 1. The Morgan fingerprint density at radius 2 is 1.65 bits per heavy atom. The number of benzene rings is 4. The van der Waals surface area contributed by atoms with Gasteiger partial charge in [0.1, 0.15) is 6.17 Å². The first-order valence-electron chi connectivity index (χ1n) is 13.6. The van der Waals surface area contributed by atoms with Crippen LogP contribution < -0.4 is 26.4 Å². The van der Waals surface area contributed by atoms with Crippen molar-refractivity contribution in [2.75, 3.05) is 18.5 Å². The fraction of sp³-hybridized carbons (Fsp3) is 0.242. The van der Waals surface area contributed by atoms with Crippen LogP contribution in [0.25, 0.3) is 21.8 Å². The zero-order chi connectivity index (χ0) is 26.7. The number of Topliss-reactive ketones (excluding diaryl/α,β-unsaturated/α-hetero) is 1. The van der Waals surface area contributed by atoms with Crippen LogP contribution in [0.5, 0.6) is 0 Å². The number of anilines is 1. The van der Waals surface area contributed by atoms with Crippen molar-refractivity contribution in [1.82, 2.24) is 9.47 Å². The van der Waals surface area contributed by atoms with Gasteiger partial charge in [0.2, 0.25) is 12.1 Å². The lowest BCUT2D eigenvalue weighted by atomic mass is 9.81. The number of likely N-dealkylation sites (tertiary alicyclic amines) is 1. The Bertz CT molecular complexity index is 1780. The van der Waals surface area contributed by atoms with Crippen LogP contribution in [0.1, 0.15) is 29.3 Å². The normalized spacial score (nSPS) is 19.5. The van der Waals surface area contributed by atoms with Crippen LogP contribution in [0.4, 0.5) is 5.69 Å². The zero-order valence-electron chi connectivity index (χ0n) is 22.6. The Hall–Kier alpha value is -3.97. The number of imidazole rings is 1. The predicted octanol–water partition coefficient (Wildman–Crippen LogP) is 1.94. The summed E-state index contributed by atoms with van der Waals surface area (Å²) in [4.78, 5) is 31.5. The van der Waals surface area contributed by atoms with Crippen molar-refractivity contribution in [3.05, 3.63) is 108 Å². The van der Waals surface area contributed by atoms with E-state index in [2.05, 4.69) is 43.1 Å². The number of likely N-dealkylation sites (N-methyl/N-ethyl adjacent to an activating group) is 1. The van der Waals surface area contributed by atoms with Gasteiger partial charge in [-0.1, -0.05) is 73.7 Å². The Labute approximate surface area is 244 Å². The fourth-order valence-electron chi connectivity index (χ4n) is 6.86. The topological polar surface area (TPSA) is 49.4 Å². The maximum absolute atomic E-state index is 13.8. The van der Waals surface area contributed by atoms with E-state index in [-0.39, 0.29) is 53.3 Å². The van der Waals surface area contributed by atoms with Gasteiger partial charge < -0.3 is 26.8 Å². The Balaban J connectivity index is 0.00000289. The first-order chi connectivity index (χ1) is 18.9. The van der Waals surface area contributed by atoms with Gasteiger partial charge >= 0.3 is 0 Å². The van der Waals surface area contributed by atoms with E-state index in [0.717, 1.165) is 34.8 Å². The maximum atomic E-state index is 13.8. The summed E-state index contributed by atoms with van der Waals surface area (Å²) >= 11 is 0. The first-order valence-corrected chi connectivity index (χ1v) is 13.6. The standard InChI is InChI=1S/C33H31N4O2.BrH/c1-33-17-18-37(32(33)34(2)27-12-6-5-11-26(27)33)31(39)21-36-22-35(28-13-7-8-14-29(28)36)20-30(38)25-16-15-23-9-3-4-10-24(23)19-25;/h3-16,19,22,32H,17-18,20-21H2,1-2H3;1H/q+1;/p-1. The number of hydrogen-bond donors (Lipinski definition) is 0. The van der Waals surface area contributed by atoms with Crippen molar-refractivity contribution in [3.63, 3.8) is 0 Å². The molecular weight excluding hydrogens is 564 g/mol. The van der Waals surface area contributed by atoms with Gasteiger partial charge in [0, 0.05) is 30.3 Å². The molecule has 0 aliphatic carbocycles. The highest BCUT2D eigenvalue weighted by Gasteiger charge is 2.54. The molecule has 0 saturated carbocycles. The van der Waals surface area contributed by atoms with E-state index < -0.39 is 0 Å². The second kappa shape index (κ2) is 9.89. The lowest BCUT2D eigenvalue weighted by Crippen LogP contribution is -3.00. The molecule has 0 spiro atoms. The van der Waals surface area contributed by atoms with Gasteiger partial charge in [-0.25, -0.2) is 9.13 Å². The van der Waals surface area contributed by atoms with E-state index in [1.54, 1.807) is 0 Å². The minimum atomic E-state index is -0.0774. The SMILES string of the molecule is CN1c2ccccc2C2(C)CCN(C(=O)Cn3c[n+](CC(=O)c4ccc5ccccc5c4)c4ccccc43)C12.[Br-]. The molecule has 1 aromatic heterocycles. The molecule has 2 aliphatic rings. The zero-order valence-corrected chi connectivity index (χ0v) is 24.2. The molecule has 7 heteroatoms. The molecule has 7 rings (SSSR count). The van der Waals surface area contributed by atoms with Crippen molar-refractivity contribution in [2.24, 2.45) is 0 Å². The van der Waals surface area contributed by atoms with Crippen LogP contribution in [0, 0.1) is 0 Å². The minimum absolute atomic E-state index is 0. The Morgan fingerprint density at radius 1 is 0.925 bits per heavy atom. The summed E-state index contributed by atoms with van der Waals surface area (Å²) in [7, 11) is 2.10. The molecule has 5 aromatic rings. The highest BCUT2D eigenvalue weighted by atomic mass is 79.9. The summed E-state index contributed by atoms with van der Waals surface area (Å²) < 4.78 is 3.95. The molecule has 2 atom stereocenters. The monoisotopic (exact) mass is 594 g/mol. The summed E-state index contributed by atoms with van der Waals surface area (Å²) in [5.74, 6) is 0.137. The van der Waals surface area contributed by atoms with Crippen molar-refractivity contribution in [3.8, 4) is 0 Å². The number of nitrogens with zero attached hydrogens (tertiary/aromatic N) is 4. The van der Waals surface area contributed by atoms with E-state index in [1.807, 2.05) is 87.1 Å². The fourth-order valence-corrected chi connectivity index (χ4v) is 6.86. The average molecular weight is 596 g/mol. The summed E-state index contributed by atoms with van der Waals surface area (Å²) in [6, 6.07) is 30.4. The third kappa shape index (κ3) is 4.03. The van der Waals surface area contributed by atoms with Crippen molar-refractivity contribution < 1.29 is 31.1 Å². The number of fused-ring (bicyclic) bond motifs is 5. The number of carbonyl (C=O) groups is 2. The molecule has 0 radical (unpaired) electrons. The smallest absolute Gasteiger partial charge is 0.266 e. The molecule has 40 heavy (non-hydrogen) atoms. The second-order valence-corrected chi connectivity index (χ2v) is 11.1. The predicted molar refractivity (Wildman–Crippen MR) is 153 cm³/mol. The molecular formula is C33H31BrN4O2. The molecule has 1 amide bonds. The summed E-state index contributed by atoms with van der Waals surface area (Å²) in [6.07, 6.45) is 2.87. The quantitative estimate of drug-likeness (QED) is 0.231. The molecule has 2 aliphatic heterocycles. The van der Waals surface area contributed by atoms with Crippen molar-refractivity contribution in [2.45, 2.75) is 38.0 Å². The molecule has 4 aromatic carbocycles. The van der Waals surface area contributed by atoms with Gasteiger partial charge in [-0.05, 0) is 47.0 Å². The van der Waals surface area contributed by atoms with E-state index in [0.29, 0.717) is 5.56 Å². The lowest BCUT2D eigenvalue weighted by Gasteiger charge is -2.34. The number of hydrogen-bond acceptors (Lipinski definition) is 3. The van der Waals surface area contributed by atoms with E-state index >= 15 is 0 Å². The maximum Gasteiger partial charge on any atom is 0.266 e. The number of para-hydroxylation sites is 3. The highest BCUT2D eigenvalue weighted by Crippen LogP contribution is 2.51. The summed E-state index contributed by atoms with van der Waals surface area (Å²) in [5, 5.41) is 2.17. The van der Waals surface area contributed by atoms with E-state index in [9.17, 15) is 9.59 Å². The van der Waals surface area contributed by atoms with Gasteiger partial charge in [0.05, 0.1) is 0 Å². The summed E-state index contributed by atoms with van der Waals surface area (Å²) in [6.45, 7) is 3.46.